The summed E-state index contributed by atoms with van der Waals surface area (Å²) >= 11 is 0. The van der Waals surface area contributed by atoms with E-state index in [0.29, 0.717) is 11.4 Å². The lowest BCUT2D eigenvalue weighted by molar-refractivity contribution is -0.135. The molecule has 0 aliphatic carbocycles. The highest BCUT2D eigenvalue weighted by Crippen LogP contribution is 2.21. The number of carbonyl (C=O) groups is 2. The van der Waals surface area contributed by atoms with Crippen LogP contribution in [0.3, 0.4) is 0 Å². The summed E-state index contributed by atoms with van der Waals surface area (Å²) in [7, 11) is -2.59. The van der Waals surface area contributed by atoms with Crippen LogP contribution in [-0.2, 0) is 26.2 Å². The number of anilines is 1. The van der Waals surface area contributed by atoms with Gasteiger partial charge in [-0.1, -0.05) is 48.5 Å². The summed E-state index contributed by atoms with van der Waals surface area (Å²) in [5.74, 6) is -0.460. The van der Waals surface area contributed by atoms with Gasteiger partial charge in [-0.05, 0) is 47.2 Å². The summed E-state index contributed by atoms with van der Waals surface area (Å²) in [5, 5.41) is 4.44. The number of nitrogens with one attached hydrogen (secondary N) is 1. The van der Waals surface area contributed by atoms with Crippen molar-refractivity contribution < 1.29 is 22.4 Å². The van der Waals surface area contributed by atoms with Crippen molar-refractivity contribution >= 4 is 38.3 Å². The minimum atomic E-state index is -3.94. The number of para-hydroxylation sites is 1. The third kappa shape index (κ3) is 5.95. The van der Waals surface area contributed by atoms with Gasteiger partial charge in [-0.25, -0.2) is 8.42 Å². The molecule has 2 amide bonds. The van der Waals surface area contributed by atoms with Crippen molar-refractivity contribution in [1.82, 2.24) is 9.21 Å². The average molecular weight is 492 g/mol. The normalized spacial score (nSPS) is 11.5. The van der Waals surface area contributed by atoms with Gasteiger partial charge in [0.15, 0.2) is 0 Å². The van der Waals surface area contributed by atoms with E-state index in [0.717, 1.165) is 15.1 Å². The van der Waals surface area contributed by atoms with E-state index in [-0.39, 0.29) is 18.0 Å². The number of furan rings is 1. The van der Waals surface area contributed by atoms with Crippen molar-refractivity contribution in [2.24, 2.45) is 0 Å². The van der Waals surface area contributed by atoms with E-state index in [2.05, 4.69) is 5.32 Å². The highest BCUT2D eigenvalue weighted by Gasteiger charge is 2.27. The molecule has 0 radical (unpaired) electrons. The molecular formula is C26H25N3O5S. The van der Waals surface area contributed by atoms with E-state index in [9.17, 15) is 18.0 Å². The van der Waals surface area contributed by atoms with Gasteiger partial charge in [0.1, 0.15) is 12.3 Å². The van der Waals surface area contributed by atoms with Crippen LogP contribution < -0.4 is 5.32 Å². The lowest BCUT2D eigenvalue weighted by Gasteiger charge is -2.24. The van der Waals surface area contributed by atoms with Crippen LogP contribution in [-0.4, -0.2) is 49.6 Å². The maximum atomic E-state index is 13.2. The molecule has 0 saturated carbocycles. The molecule has 0 unspecified atom stereocenters. The van der Waals surface area contributed by atoms with Gasteiger partial charge in [0, 0.05) is 12.7 Å². The second kappa shape index (κ2) is 10.5. The molecule has 0 atom stereocenters. The maximum Gasteiger partial charge on any atom is 0.244 e. The first-order valence-electron chi connectivity index (χ1n) is 10.9. The minimum absolute atomic E-state index is 0.0257. The van der Waals surface area contributed by atoms with Gasteiger partial charge < -0.3 is 14.6 Å². The fourth-order valence-electron chi connectivity index (χ4n) is 3.60. The molecule has 35 heavy (non-hydrogen) atoms. The van der Waals surface area contributed by atoms with E-state index in [1.54, 1.807) is 48.5 Å². The SMILES string of the molecule is CN(CC(=O)N(CC(=O)Nc1ccccc1)Cc1ccco1)S(=O)(=O)c1ccc2ccccc2c1. The molecule has 1 aromatic heterocycles. The molecule has 4 aromatic rings. The van der Waals surface area contributed by atoms with E-state index in [1.165, 1.54) is 24.3 Å². The molecule has 3 aromatic carbocycles. The van der Waals surface area contributed by atoms with E-state index in [4.69, 9.17) is 4.42 Å². The molecule has 0 aliphatic heterocycles. The summed E-state index contributed by atoms with van der Waals surface area (Å²) in [6.45, 7) is -0.676. The predicted molar refractivity (Wildman–Crippen MR) is 133 cm³/mol. The van der Waals surface area contributed by atoms with Crippen LogP contribution in [0.2, 0.25) is 0 Å². The molecular weight excluding hydrogens is 466 g/mol. The number of fused-ring (bicyclic) bond motifs is 1. The number of hydrogen-bond donors (Lipinski definition) is 1. The minimum Gasteiger partial charge on any atom is -0.467 e. The molecule has 0 spiro atoms. The number of sulfonamides is 1. The van der Waals surface area contributed by atoms with Gasteiger partial charge in [0.25, 0.3) is 0 Å². The van der Waals surface area contributed by atoms with Crippen LogP contribution >= 0.6 is 0 Å². The van der Waals surface area contributed by atoms with Crippen LogP contribution in [0, 0.1) is 0 Å². The first kappa shape index (κ1) is 24.2. The summed E-state index contributed by atoms with van der Waals surface area (Å²) in [4.78, 5) is 27.1. The number of amides is 2. The molecule has 0 aliphatic rings. The summed E-state index contributed by atoms with van der Waals surface area (Å²) in [5.41, 5.74) is 0.596. The lowest BCUT2D eigenvalue weighted by Crippen LogP contribution is -2.43. The van der Waals surface area contributed by atoms with Crippen LogP contribution in [0.25, 0.3) is 10.8 Å². The van der Waals surface area contributed by atoms with Crippen LogP contribution in [0.5, 0.6) is 0 Å². The maximum absolute atomic E-state index is 13.2. The second-order valence-corrected chi connectivity index (χ2v) is 10.1. The summed E-state index contributed by atoms with van der Waals surface area (Å²) in [6, 6.07) is 24.5. The Labute approximate surface area is 203 Å². The molecule has 0 bridgehead atoms. The second-order valence-electron chi connectivity index (χ2n) is 8.01. The molecule has 4 rings (SSSR count). The van der Waals surface area contributed by atoms with E-state index in [1.807, 2.05) is 30.3 Å². The Hall–Kier alpha value is -3.95. The quantitative estimate of drug-likeness (QED) is 0.385. The van der Waals surface area contributed by atoms with Crippen molar-refractivity contribution in [2.75, 3.05) is 25.5 Å². The third-order valence-corrected chi connectivity index (χ3v) is 7.26. The Balaban J connectivity index is 1.49. The van der Waals surface area contributed by atoms with Gasteiger partial charge in [-0.2, -0.15) is 4.31 Å². The number of hydrogen-bond acceptors (Lipinski definition) is 5. The monoisotopic (exact) mass is 491 g/mol. The van der Waals surface area contributed by atoms with Gasteiger partial charge >= 0.3 is 0 Å². The van der Waals surface area contributed by atoms with Crippen molar-refractivity contribution in [1.29, 1.82) is 0 Å². The van der Waals surface area contributed by atoms with Crippen LogP contribution in [0.1, 0.15) is 5.76 Å². The zero-order valence-electron chi connectivity index (χ0n) is 19.1. The van der Waals surface area contributed by atoms with Gasteiger partial charge in [-0.3, -0.25) is 9.59 Å². The average Bonchev–Trinajstić information content (AvgIpc) is 3.37. The van der Waals surface area contributed by atoms with Crippen molar-refractivity contribution in [2.45, 2.75) is 11.4 Å². The number of carbonyl (C=O) groups excluding carboxylic acids is 2. The van der Waals surface area contributed by atoms with Gasteiger partial charge in [0.2, 0.25) is 21.8 Å². The highest BCUT2D eigenvalue weighted by atomic mass is 32.2. The fourth-order valence-corrected chi connectivity index (χ4v) is 4.76. The van der Waals surface area contributed by atoms with Crippen molar-refractivity contribution in [3.05, 3.63) is 97.0 Å². The molecule has 1 heterocycles. The van der Waals surface area contributed by atoms with Crippen LogP contribution in [0.4, 0.5) is 5.69 Å². The first-order chi connectivity index (χ1) is 16.8. The summed E-state index contributed by atoms with van der Waals surface area (Å²) < 4.78 is 32.7. The van der Waals surface area contributed by atoms with E-state index < -0.39 is 28.4 Å². The highest BCUT2D eigenvalue weighted by molar-refractivity contribution is 7.89. The molecule has 0 saturated heterocycles. The molecule has 9 heteroatoms. The third-order valence-electron chi connectivity index (χ3n) is 5.46. The molecule has 1 N–H and O–H groups in total. The van der Waals surface area contributed by atoms with Gasteiger partial charge in [0.05, 0.1) is 24.2 Å². The molecule has 8 nitrogen and oxygen atoms in total. The largest absolute Gasteiger partial charge is 0.467 e. The smallest absolute Gasteiger partial charge is 0.244 e. The van der Waals surface area contributed by atoms with Crippen molar-refractivity contribution in [3.8, 4) is 0 Å². The topological polar surface area (TPSA) is 99.9 Å². The Morgan fingerprint density at radius 1 is 0.857 bits per heavy atom. The van der Waals surface area contributed by atoms with E-state index >= 15 is 0 Å². The zero-order valence-corrected chi connectivity index (χ0v) is 19.9. The fraction of sp³-hybridized carbons (Fsp3) is 0.154. The Kier molecular flexibility index (Phi) is 7.28. The van der Waals surface area contributed by atoms with Crippen LogP contribution in [0.15, 0.2) is 101 Å². The van der Waals surface area contributed by atoms with Gasteiger partial charge in [-0.15, -0.1) is 0 Å². The standard InChI is InChI=1S/C26H25N3O5S/c1-28(35(32,33)24-14-13-20-8-5-6-9-21(20)16-24)19-26(31)29(17-23-12-7-15-34-23)18-25(30)27-22-10-3-2-4-11-22/h2-16H,17-19H2,1H3,(H,27,30). The number of rotatable bonds is 9. The molecule has 180 valence electrons. The number of nitrogens with zero attached hydrogens (tertiary/aromatic N) is 2. The number of benzene rings is 3. The Morgan fingerprint density at radius 3 is 2.29 bits per heavy atom. The molecule has 0 fully saturated rings. The first-order valence-corrected chi connectivity index (χ1v) is 12.4. The van der Waals surface area contributed by atoms with Crippen molar-refractivity contribution in [3.63, 3.8) is 0 Å². The lowest BCUT2D eigenvalue weighted by atomic mass is 10.1. The predicted octanol–water partition coefficient (Wildman–Crippen LogP) is 3.72. The number of likely N-dealkylation sites (N-methyl/N-ethyl adjacent to an activating group) is 1. The zero-order chi connectivity index (χ0) is 24.8. The Morgan fingerprint density at radius 2 is 1.57 bits per heavy atom. The Bertz CT molecular complexity index is 1420. The summed E-state index contributed by atoms with van der Waals surface area (Å²) in [6.07, 6.45) is 1.47.